The minimum atomic E-state index is -0.748. The zero-order valence-corrected chi connectivity index (χ0v) is 11.5. The summed E-state index contributed by atoms with van der Waals surface area (Å²) >= 11 is 0. The molecule has 19 heavy (non-hydrogen) atoms. The molecule has 104 valence electrons. The molecule has 0 unspecified atom stereocenters. The van der Waals surface area contributed by atoms with Crippen LogP contribution in [0.4, 0.5) is 0 Å². The van der Waals surface area contributed by atoms with Crippen LogP contribution in [0.2, 0.25) is 0 Å². The van der Waals surface area contributed by atoms with Crippen LogP contribution in [0.1, 0.15) is 38.2 Å². The number of rotatable bonds is 5. The Kier molecular flexibility index (Phi) is 4.97. The third-order valence-electron chi connectivity index (χ3n) is 4.03. The van der Waals surface area contributed by atoms with E-state index < -0.39 is 12.0 Å². The average Bonchev–Trinajstić information content (AvgIpc) is 2.41. The lowest BCUT2D eigenvalue weighted by Gasteiger charge is -2.29. The molecule has 1 aliphatic rings. The van der Waals surface area contributed by atoms with Crippen molar-refractivity contribution in [3.05, 3.63) is 35.9 Å². The summed E-state index contributed by atoms with van der Waals surface area (Å²) in [4.78, 5) is 11.4. The average molecular weight is 261 g/mol. The molecule has 1 fully saturated rings. The van der Waals surface area contributed by atoms with Crippen LogP contribution in [0.5, 0.6) is 0 Å². The minimum Gasteiger partial charge on any atom is -0.480 e. The van der Waals surface area contributed by atoms with E-state index in [0.717, 1.165) is 24.3 Å². The molecule has 1 atom stereocenters. The molecule has 2 N–H and O–H groups in total. The monoisotopic (exact) mass is 261 g/mol. The first-order valence-electron chi connectivity index (χ1n) is 7.18. The van der Waals surface area contributed by atoms with E-state index >= 15 is 0 Å². The Bertz CT molecular complexity index is 396. The van der Waals surface area contributed by atoms with E-state index in [1.54, 1.807) is 0 Å². The second-order valence-electron chi connectivity index (χ2n) is 5.70. The summed E-state index contributed by atoms with van der Waals surface area (Å²) in [6.07, 6.45) is 5.16. The van der Waals surface area contributed by atoms with Gasteiger partial charge in [-0.1, -0.05) is 37.3 Å². The van der Waals surface area contributed by atoms with E-state index in [4.69, 9.17) is 0 Å². The maximum absolute atomic E-state index is 11.4. The minimum absolute atomic E-state index is 0.362. The smallest absolute Gasteiger partial charge is 0.321 e. The van der Waals surface area contributed by atoms with E-state index in [0.29, 0.717) is 12.5 Å². The van der Waals surface area contributed by atoms with Gasteiger partial charge in [0, 0.05) is 6.04 Å². The normalized spacial score (nSPS) is 24.9. The summed E-state index contributed by atoms with van der Waals surface area (Å²) in [5.74, 6) is 0.0397. The fourth-order valence-corrected chi connectivity index (χ4v) is 2.78. The summed E-state index contributed by atoms with van der Waals surface area (Å²) in [7, 11) is 0. The van der Waals surface area contributed by atoms with Crippen molar-refractivity contribution in [1.82, 2.24) is 5.32 Å². The van der Waals surface area contributed by atoms with Crippen LogP contribution >= 0.6 is 0 Å². The van der Waals surface area contributed by atoms with Gasteiger partial charge >= 0.3 is 5.97 Å². The summed E-state index contributed by atoms with van der Waals surface area (Å²) in [5, 5.41) is 12.7. The van der Waals surface area contributed by atoms with Crippen molar-refractivity contribution >= 4 is 5.97 Å². The lowest BCUT2D eigenvalue weighted by Crippen LogP contribution is -2.45. The maximum Gasteiger partial charge on any atom is 0.321 e. The van der Waals surface area contributed by atoms with Crippen molar-refractivity contribution in [3.8, 4) is 0 Å². The van der Waals surface area contributed by atoms with Crippen LogP contribution in [0.25, 0.3) is 0 Å². The number of carbonyl (C=O) groups is 1. The number of hydrogen-bond donors (Lipinski definition) is 2. The molecular formula is C16H23NO2. The van der Waals surface area contributed by atoms with Gasteiger partial charge in [0.25, 0.3) is 0 Å². The summed E-state index contributed by atoms with van der Waals surface area (Å²) < 4.78 is 0. The lowest BCUT2D eigenvalue weighted by atomic mass is 9.87. The van der Waals surface area contributed by atoms with Crippen LogP contribution in [-0.2, 0) is 11.2 Å². The van der Waals surface area contributed by atoms with Crippen molar-refractivity contribution in [2.24, 2.45) is 5.92 Å². The summed E-state index contributed by atoms with van der Waals surface area (Å²) in [6.45, 7) is 2.27. The summed E-state index contributed by atoms with van der Waals surface area (Å²) in [5.41, 5.74) is 1.08. The highest BCUT2D eigenvalue weighted by atomic mass is 16.4. The largest absolute Gasteiger partial charge is 0.480 e. The van der Waals surface area contributed by atoms with Gasteiger partial charge in [0.2, 0.25) is 0 Å². The third kappa shape index (κ3) is 4.35. The fraction of sp³-hybridized carbons (Fsp3) is 0.562. The molecule has 0 aromatic heterocycles. The van der Waals surface area contributed by atoms with E-state index in [-0.39, 0.29) is 0 Å². The van der Waals surface area contributed by atoms with Gasteiger partial charge in [-0.05, 0) is 43.6 Å². The molecule has 0 aliphatic heterocycles. The van der Waals surface area contributed by atoms with Crippen molar-refractivity contribution in [2.45, 2.75) is 51.1 Å². The third-order valence-corrected chi connectivity index (χ3v) is 4.03. The first-order chi connectivity index (χ1) is 9.15. The molecule has 0 bridgehead atoms. The molecule has 0 saturated heterocycles. The number of nitrogens with one attached hydrogen (secondary N) is 1. The zero-order valence-electron chi connectivity index (χ0n) is 11.5. The van der Waals surface area contributed by atoms with Crippen molar-refractivity contribution < 1.29 is 9.90 Å². The first kappa shape index (κ1) is 14.1. The quantitative estimate of drug-likeness (QED) is 0.857. The Morgan fingerprint density at radius 1 is 1.26 bits per heavy atom. The number of carboxylic acid groups (broad SMARTS) is 1. The van der Waals surface area contributed by atoms with E-state index in [9.17, 15) is 9.90 Å². The molecule has 3 heteroatoms. The number of carboxylic acids is 1. The topological polar surface area (TPSA) is 49.3 Å². The molecule has 1 aromatic rings. The van der Waals surface area contributed by atoms with Gasteiger partial charge < -0.3 is 10.4 Å². The SMILES string of the molecule is CC1CCC(N[C@H](Cc2ccccc2)C(=O)O)CC1. The maximum atomic E-state index is 11.4. The van der Waals surface area contributed by atoms with Gasteiger partial charge in [-0.25, -0.2) is 0 Å². The Morgan fingerprint density at radius 2 is 1.89 bits per heavy atom. The molecule has 2 rings (SSSR count). The molecule has 0 heterocycles. The molecular weight excluding hydrogens is 238 g/mol. The predicted octanol–water partition coefficient (Wildman–Crippen LogP) is 2.85. The molecule has 1 aliphatic carbocycles. The molecule has 0 spiro atoms. The highest BCUT2D eigenvalue weighted by Gasteiger charge is 2.24. The Hall–Kier alpha value is -1.35. The molecule has 1 aromatic carbocycles. The molecule has 0 amide bonds. The van der Waals surface area contributed by atoms with Gasteiger partial charge in [0.05, 0.1) is 0 Å². The lowest BCUT2D eigenvalue weighted by molar-refractivity contribution is -0.139. The number of hydrogen-bond acceptors (Lipinski definition) is 2. The Morgan fingerprint density at radius 3 is 2.47 bits per heavy atom. The highest BCUT2D eigenvalue weighted by Crippen LogP contribution is 2.24. The zero-order chi connectivity index (χ0) is 13.7. The molecule has 0 radical (unpaired) electrons. The van der Waals surface area contributed by atoms with Gasteiger partial charge in [0.15, 0.2) is 0 Å². The van der Waals surface area contributed by atoms with Crippen molar-refractivity contribution in [3.63, 3.8) is 0 Å². The van der Waals surface area contributed by atoms with E-state index in [2.05, 4.69) is 12.2 Å². The van der Waals surface area contributed by atoms with E-state index in [1.807, 2.05) is 30.3 Å². The van der Waals surface area contributed by atoms with Gasteiger partial charge in [-0.3, -0.25) is 4.79 Å². The number of aliphatic carboxylic acids is 1. The van der Waals surface area contributed by atoms with Gasteiger partial charge in [-0.15, -0.1) is 0 Å². The van der Waals surface area contributed by atoms with E-state index in [1.165, 1.54) is 12.8 Å². The fourth-order valence-electron chi connectivity index (χ4n) is 2.78. The van der Waals surface area contributed by atoms with Crippen molar-refractivity contribution in [1.29, 1.82) is 0 Å². The van der Waals surface area contributed by atoms with Gasteiger partial charge in [-0.2, -0.15) is 0 Å². The second-order valence-corrected chi connectivity index (χ2v) is 5.70. The van der Waals surface area contributed by atoms with Crippen LogP contribution in [0.3, 0.4) is 0 Å². The Balaban J connectivity index is 1.91. The molecule has 3 nitrogen and oxygen atoms in total. The van der Waals surface area contributed by atoms with Crippen LogP contribution in [-0.4, -0.2) is 23.2 Å². The Labute approximate surface area is 115 Å². The second kappa shape index (κ2) is 6.71. The first-order valence-corrected chi connectivity index (χ1v) is 7.18. The molecule has 1 saturated carbocycles. The van der Waals surface area contributed by atoms with Crippen LogP contribution < -0.4 is 5.32 Å². The van der Waals surface area contributed by atoms with Gasteiger partial charge in [0.1, 0.15) is 6.04 Å². The summed E-state index contributed by atoms with van der Waals surface area (Å²) in [6, 6.07) is 9.73. The highest BCUT2D eigenvalue weighted by molar-refractivity contribution is 5.74. The van der Waals surface area contributed by atoms with Crippen molar-refractivity contribution in [2.75, 3.05) is 0 Å². The van der Waals surface area contributed by atoms with Crippen LogP contribution in [0.15, 0.2) is 30.3 Å². The predicted molar refractivity (Wildman–Crippen MR) is 76.1 cm³/mol. The van der Waals surface area contributed by atoms with Crippen LogP contribution in [0, 0.1) is 5.92 Å². The standard InChI is InChI=1S/C16H23NO2/c1-12-7-9-14(10-8-12)17-15(16(18)19)11-13-5-3-2-4-6-13/h2-6,12,14-15,17H,7-11H2,1H3,(H,18,19)/t12?,14?,15-/m1/s1. The number of benzene rings is 1.